The maximum absolute atomic E-state index is 12.5. The predicted octanol–water partition coefficient (Wildman–Crippen LogP) is 4.83. The second kappa shape index (κ2) is 11.7. The third-order valence-electron chi connectivity index (χ3n) is 6.70. The van der Waals surface area contributed by atoms with Crippen LogP contribution in [-0.4, -0.2) is 35.4 Å². The molecule has 0 aromatic carbocycles. The van der Waals surface area contributed by atoms with Crippen LogP contribution in [0, 0.1) is 29.6 Å². The lowest BCUT2D eigenvalue weighted by Gasteiger charge is -2.38. The number of carbonyl (C=O) groups excluding carboxylic acids is 2. The first-order valence-corrected chi connectivity index (χ1v) is 11.6. The van der Waals surface area contributed by atoms with Gasteiger partial charge < -0.3 is 14.6 Å². The lowest BCUT2D eigenvalue weighted by atomic mass is 9.71. The number of cyclic esters (lactones) is 1. The molecule has 5 heteroatoms. The first-order chi connectivity index (χ1) is 14.2. The summed E-state index contributed by atoms with van der Waals surface area (Å²) in [4.78, 5) is 24.3. The predicted molar refractivity (Wildman–Crippen MR) is 118 cm³/mol. The number of aliphatic hydroxyl groups is 1. The molecule has 0 unspecified atom stereocenters. The van der Waals surface area contributed by atoms with E-state index in [2.05, 4.69) is 38.2 Å². The van der Waals surface area contributed by atoms with Crippen molar-refractivity contribution < 1.29 is 24.2 Å². The maximum Gasteiger partial charge on any atom is 0.308 e. The lowest BCUT2D eigenvalue weighted by molar-refractivity contribution is -0.162. The van der Waals surface area contributed by atoms with Crippen LogP contribution < -0.4 is 0 Å². The molecule has 1 aliphatic carbocycles. The molecule has 1 N–H and O–H groups in total. The molecule has 0 spiro atoms. The van der Waals surface area contributed by atoms with Gasteiger partial charge in [0.15, 0.2) is 0 Å². The quantitative estimate of drug-likeness (QED) is 0.427. The molecular formula is C25H40O5. The van der Waals surface area contributed by atoms with E-state index in [9.17, 15) is 14.7 Å². The number of aliphatic hydroxyl groups excluding tert-OH is 1. The summed E-state index contributed by atoms with van der Waals surface area (Å²) < 4.78 is 11.5. The summed E-state index contributed by atoms with van der Waals surface area (Å²) in [5, 5.41) is 9.92. The largest absolute Gasteiger partial charge is 0.462 e. The average Bonchev–Trinajstić information content (AvgIpc) is 2.68. The van der Waals surface area contributed by atoms with Gasteiger partial charge in [-0.05, 0) is 50.4 Å². The van der Waals surface area contributed by atoms with Gasteiger partial charge >= 0.3 is 11.9 Å². The fraction of sp³-hybridized carbons (Fsp3) is 0.760. The van der Waals surface area contributed by atoms with E-state index in [0.717, 1.165) is 19.3 Å². The minimum atomic E-state index is -0.609. The van der Waals surface area contributed by atoms with Gasteiger partial charge in [0.05, 0.1) is 18.4 Å². The second-order valence-corrected chi connectivity index (χ2v) is 9.29. The Labute approximate surface area is 181 Å². The molecule has 0 radical (unpaired) electrons. The van der Waals surface area contributed by atoms with E-state index in [1.807, 2.05) is 20.8 Å². The van der Waals surface area contributed by atoms with Crippen LogP contribution >= 0.6 is 0 Å². The SMILES string of the molecule is C/C=C\[C@H](C)[C@H](CC[C@@H]1C[C@@H](O)CC(=O)O1)[C@@H]1C=C[C@H](C)C[C@@H]1OC(=O)[C@@H](C)CC. The smallest absolute Gasteiger partial charge is 0.308 e. The Balaban J connectivity index is 2.16. The molecule has 8 atom stereocenters. The highest BCUT2D eigenvalue weighted by molar-refractivity contribution is 5.72. The molecule has 1 aliphatic heterocycles. The van der Waals surface area contributed by atoms with Crippen LogP contribution in [0.2, 0.25) is 0 Å². The minimum Gasteiger partial charge on any atom is -0.462 e. The van der Waals surface area contributed by atoms with Gasteiger partial charge in [0.2, 0.25) is 0 Å². The Morgan fingerprint density at radius 3 is 2.70 bits per heavy atom. The van der Waals surface area contributed by atoms with Gasteiger partial charge in [-0.1, -0.05) is 52.0 Å². The summed E-state index contributed by atoms with van der Waals surface area (Å²) in [6.07, 6.45) is 11.5. The minimum absolute atomic E-state index is 0.0891. The molecule has 1 heterocycles. The van der Waals surface area contributed by atoms with Gasteiger partial charge in [0.1, 0.15) is 12.2 Å². The van der Waals surface area contributed by atoms with Crippen LogP contribution in [0.15, 0.2) is 24.3 Å². The standard InChI is InChI=1S/C25H40O5/c1-6-8-18(5)21(12-10-20-14-19(26)15-24(27)29-20)22-11-9-16(3)13-23(22)30-25(28)17(4)7-2/h6,8-9,11,16-23,26H,7,10,12-15H2,1-5H3/b8-6-/t16-,17-,18-,19+,20+,21-,22-,23-/m0/s1. The van der Waals surface area contributed by atoms with Crippen molar-refractivity contribution in [3.8, 4) is 0 Å². The van der Waals surface area contributed by atoms with Crippen LogP contribution in [0.25, 0.3) is 0 Å². The molecule has 170 valence electrons. The summed E-state index contributed by atoms with van der Waals surface area (Å²) in [6, 6.07) is 0. The Hall–Kier alpha value is -1.62. The zero-order valence-electron chi connectivity index (χ0n) is 19.3. The van der Waals surface area contributed by atoms with Gasteiger partial charge in [-0.3, -0.25) is 9.59 Å². The lowest BCUT2D eigenvalue weighted by Crippen LogP contribution is -2.39. The second-order valence-electron chi connectivity index (χ2n) is 9.29. The number of allylic oxidation sites excluding steroid dienone is 3. The molecular weight excluding hydrogens is 380 g/mol. The summed E-state index contributed by atoms with van der Waals surface area (Å²) >= 11 is 0. The molecule has 0 saturated carbocycles. The van der Waals surface area contributed by atoms with Crippen molar-refractivity contribution in [1.29, 1.82) is 0 Å². The number of hydrogen-bond donors (Lipinski definition) is 1. The van der Waals surface area contributed by atoms with Crippen molar-refractivity contribution in [3.63, 3.8) is 0 Å². The van der Waals surface area contributed by atoms with Gasteiger partial charge in [0, 0.05) is 12.3 Å². The number of esters is 2. The Morgan fingerprint density at radius 2 is 2.07 bits per heavy atom. The monoisotopic (exact) mass is 420 g/mol. The van der Waals surface area contributed by atoms with Crippen LogP contribution in [0.3, 0.4) is 0 Å². The van der Waals surface area contributed by atoms with Gasteiger partial charge in [-0.2, -0.15) is 0 Å². The zero-order chi connectivity index (χ0) is 22.3. The number of hydrogen-bond acceptors (Lipinski definition) is 5. The number of ether oxygens (including phenoxy) is 2. The molecule has 2 rings (SSSR count). The van der Waals surface area contributed by atoms with Crippen molar-refractivity contribution in [2.24, 2.45) is 29.6 Å². The van der Waals surface area contributed by atoms with Gasteiger partial charge in [0.25, 0.3) is 0 Å². The molecule has 1 fully saturated rings. The number of carbonyl (C=O) groups is 2. The van der Waals surface area contributed by atoms with Crippen molar-refractivity contribution in [3.05, 3.63) is 24.3 Å². The summed E-state index contributed by atoms with van der Waals surface area (Å²) in [5.41, 5.74) is 0. The van der Waals surface area contributed by atoms with E-state index in [-0.39, 0.29) is 48.3 Å². The molecule has 1 saturated heterocycles. The van der Waals surface area contributed by atoms with Crippen molar-refractivity contribution >= 4 is 11.9 Å². The van der Waals surface area contributed by atoms with Crippen LogP contribution in [0.5, 0.6) is 0 Å². The molecule has 2 aliphatic rings. The van der Waals surface area contributed by atoms with E-state index < -0.39 is 6.10 Å². The van der Waals surface area contributed by atoms with Crippen LogP contribution in [-0.2, 0) is 19.1 Å². The van der Waals surface area contributed by atoms with E-state index in [1.54, 1.807) is 0 Å². The van der Waals surface area contributed by atoms with Gasteiger partial charge in [-0.15, -0.1) is 0 Å². The first-order valence-electron chi connectivity index (χ1n) is 11.6. The van der Waals surface area contributed by atoms with Crippen LogP contribution in [0.4, 0.5) is 0 Å². The maximum atomic E-state index is 12.5. The highest BCUT2D eigenvalue weighted by Gasteiger charge is 2.37. The zero-order valence-corrected chi connectivity index (χ0v) is 19.3. The van der Waals surface area contributed by atoms with Gasteiger partial charge in [-0.25, -0.2) is 0 Å². The van der Waals surface area contributed by atoms with Crippen molar-refractivity contribution in [2.75, 3.05) is 0 Å². The molecule has 5 nitrogen and oxygen atoms in total. The third-order valence-corrected chi connectivity index (χ3v) is 6.70. The highest BCUT2D eigenvalue weighted by Crippen LogP contribution is 2.38. The molecule has 0 bridgehead atoms. The Kier molecular flexibility index (Phi) is 9.60. The van der Waals surface area contributed by atoms with Crippen molar-refractivity contribution in [1.82, 2.24) is 0 Å². The summed E-state index contributed by atoms with van der Waals surface area (Å²) in [6.45, 7) is 10.3. The Bertz CT molecular complexity index is 625. The fourth-order valence-electron chi connectivity index (χ4n) is 4.69. The normalized spacial score (nSPS) is 32.5. The highest BCUT2D eigenvalue weighted by atomic mass is 16.5. The van der Waals surface area contributed by atoms with E-state index >= 15 is 0 Å². The molecule has 30 heavy (non-hydrogen) atoms. The summed E-state index contributed by atoms with van der Waals surface area (Å²) in [7, 11) is 0. The van der Waals surface area contributed by atoms with E-state index in [0.29, 0.717) is 24.7 Å². The Morgan fingerprint density at radius 1 is 1.33 bits per heavy atom. The van der Waals surface area contributed by atoms with E-state index in [1.165, 1.54) is 0 Å². The average molecular weight is 421 g/mol. The molecule has 0 aromatic heterocycles. The number of rotatable bonds is 9. The fourth-order valence-corrected chi connectivity index (χ4v) is 4.69. The van der Waals surface area contributed by atoms with E-state index in [4.69, 9.17) is 9.47 Å². The molecule has 0 aromatic rings. The summed E-state index contributed by atoms with van der Waals surface area (Å²) in [5.74, 6) is 0.541. The molecule has 0 amide bonds. The third kappa shape index (κ3) is 6.97. The van der Waals surface area contributed by atoms with Crippen molar-refractivity contribution in [2.45, 2.75) is 91.5 Å². The van der Waals surface area contributed by atoms with Crippen LogP contribution in [0.1, 0.15) is 73.1 Å². The first kappa shape index (κ1) is 24.6. The topological polar surface area (TPSA) is 72.8 Å².